The van der Waals surface area contributed by atoms with Gasteiger partial charge >= 0.3 is 0 Å². The van der Waals surface area contributed by atoms with Gasteiger partial charge in [0.1, 0.15) is 11.5 Å². The van der Waals surface area contributed by atoms with E-state index in [1.54, 1.807) is 49.9 Å². The first kappa shape index (κ1) is 22.5. The van der Waals surface area contributed by atoms with Gasteiger partial charge in [-0.3, -0.25) is 4.79 Å². The summed E-state index contributed by atoms with van der Waals surface area (Å²) < 4.78 is 17.5. The van der Waals surface area contributed by atoms with E-state index in [-0.39, 0.29) is 12.3 Å². The molecule has 0 aliphatic heterocycles. The fourth-order valence-electron chi connectivity index (χ4n) is 3.53. The van der Waals surface area contributed by atoms with E-state index in [0.717, 1.165) is 11.1 Å². The van der Waals surface area contributed by atoms with Crippen molar-refractivity contribution in [2.75, 3.05) is 26.6 Å². The molecule has 10 heteroatoms. The van der Waals surface area contributed by atoms with Crippen molar-refractivity contribution in [1.29, 1.82) is 0 Å². The molecule has 0 atom stereocenters. The van der Waals surface area contributed by atoms with Crippen LogP contribution in [-0.2, 0) is 11.3 Å². The van der Waals surface area contributed by atoms with Gasteiger partial charge in [0, 0.05) is 18.2 Å². The van der Waals surface area contributed by atoms with Gasteiger partial charge in [0.05, 0.1) is 43.5 Å². The molecule has 0 saturated heterocycles. The second kappa shape index (κ2) is 9.43. The van der Waals surface area contributed by atoms with Gasteiger partial charge in [0.25, 0.3) is 5.91 Å². The maximum atomic E-state index is 13.1. The quantitative estimate of drug-likeness (QED) is 0.435. The molecule has 2 aromatic heterocycles. The van der Waals surface area contributed by atoms with Gasteiger partial charge in [-0.05, 0) is 36.8 Å². The van der Waals surface area contributed by atoms with Crippen LogP contribution in [0.5, 0.6) is 11.5 Å². The number of hydrogen-bond donors (Lipinski definition) is 1. The van der Waals surface area contributed by atoms with Crippen molar-refractivity contribution in [3.63, 3.8) is 0 Å². The third kappa shape index (κ3) is 4.33. The lowest BCUT2D eigenvalue weighted by Gasteiger charge is -2.12. The number of rotatable bonds is 7. The van der Waals surface area contributed by atoms with Crippen LogP contribution >= 0.6 is 11.6 Å². The molecule has 0 fully saturated rings. The standard InChI is InChI=1S/C23H22ClN5O4/c1-13-21(23(30)25-17-11-16(32-3)8-9-19(17)33-4)26-27-22-20(14-6-5-7-15(24)10-14)18(12-31-2)28-29(13)22/h5-11H,12H2,1-4H3,(H,25,30). The molecule has 0 unspecified atom stereocenters. The van der Waals surface area contributed by atoms with Gasteiger partial charge in [-0.15, -0.1) is 10.2 Å². The Labute approximate surface area is 195 Å². The predicted octanol–water partition coefficient (Wildman–Crippen LogP) is 4.17. The van der Waals surface area contributed by atoms with Crippen molar-refractivity contribution in [3.8, 4) is 22.6 Å². The third-order valence-electron chi connectivity index (χ3n) is 5.10. The zero-order valence-corrected chi connectivity index (χ0v) is 19.3. The van der Waals surface area contributed by atoms with E-state index in [0.29, 0.717) is 39.2 Å². The van der Waals surface area contributed by atoms with Gasteiger partial charge in [0.2, 0.25) is 0 Å². The molecule has 2 heterocycles. The molecule has 0 aliphatic rings. The first-order chi connectivity index (χ1) is 16.0. The molecule has 1 amide bonds. The summed E-state index contributed by atoms with van der Waals surface area (Å²) in [6.45, 7) is 2.01. The van der Waals surface area contributed by atoms with E-state index in [9.17, 15) is 4.79 Å². The summed E-state index contributed by atoms with van der Waals surface area (Å²) >= 11 is 6.20. The average molecular weight is 468 g/mol. The molecule has 0 saturated carbocycles. The summed E-state index contributed by atoms with van der Waals surface area (Å²) in [5.41, 5.74) is 3.82. The predicted molar refractivity (Wildman–Crippen MR) is 124 cm³/mol. The minimum atomic E-state index is -0.457. The largest absolute Gasteiger partial charge is 0.497 e. The van der Waals surface area contributed by atoms with Crippen LogP contribution in [0.15, 0.2) is 42.5 Å². The van der Waals surface area contributed by atoms with Crippen LogP contribution in [0.3, 0.4) is 0 Å². The first-order valence-corrected chi connectivity index (χ1v) is 10.4. The summed E-state index contributed by atoms with van der Waals surface area (Å²) in [4.78, 5) is 13.1. The number of carbonyl (C=O) groups is 1. The highest BCUT2D eigenvalue weighted by Crippen LogP contribution is 2.32. The monoisotopic (exact) mass is 467 g/mol. The van der Waals surface area contributed by atoms with Crippen molar-refractivity contribution < 1.29 is 19.0 Å². The number of aryl methyl sites for hydroxylation is 1. The Morgan fingerprint density at radius 2 is 1.91 bits per heavy atom. The summed E-state index contributed by atoms with van der Waals surface area (Å²) in [6, 6.07) is 12.5. The fourth-order valence-corrected chi connectivity index (χ4v) is 3.72. The van der Waals surface area contributed by atoms with Crippen LogP contribution in [-0.4, -0.2) is 47.0 Å². The van der Waals surface area contributed by atoms with Crippen molar-refractivity contribution in [1.82, 2.24) is 19.8 Å². The van der Waals surface area contributed by atoms with Crippen LogP contribution in [0.1, 0.15) is 21.9 Å². The lowest BCUT2D eigenvalue weighted by molar-refractivity contribution is 0.101. The van der Waals surface area contributed by atoms with Crippen LogP contribution in [0.4, 0.5) is 5.69 Å². The lowest BCUT2D eigenvalue weighted by atomic mass is 10.1. The minimum Gasteiger partial charge on any atom is -0.497 e. The van der Waals surface area contributed by atoms with E-state index in [1.807, 2.05) is 18.2 Å². The number of anilines is 1. The average Bonchev–Trinajstić information content (AvgIpc) is 3.18. The second-order valence-electron chi connectivity index (χ2n) is 7.15. The molecule has 4 aromatic rings. The Balaban J connectivity index is 1.78. The summed E-state index contributed by atoms with van der Waals surface area (Å²) in [5, 5.41) is 16.6. The number of carbonyl (C=O) groups excluding carboxylic acids is 1. The highest BCUT2D eigenvalue weighted by atomic mass is 35.5. The number of nitrogens with zero attached hydrogens (tertiary/aromatic N) is 4. The maximum Gasteiger partial charge on any atom is 0.278 e. The number of nitrogens with one attached hydrogen (secondary N) is 1. The Hall–Kier alpha value is -3.69. The van der Waals surface area contributed by atoms with E-state index >= 15 is 0 Å². The van der Waals surface area contributed by atoms with Gasteiger partial charge in [-0.25, -0.2) is 4.52 Å². The van der Waals surface area contributed by atoms with Crippen LogP contribution < -0.4 is 14.8 Å². The molecular formula is C23H22ClN5O4. The smallest absolute Gasteiger partial charge is 0.278 e. The highest BCUT2D eigenvalue weighted by molar-refractivity contribution is 6.30. The number of methoxy groups -OCH3 is 3. The fraction of sp³-hybridized carbons (Fsp3) is 0.217. The maximum absolute atomic E-state index is 13.1. The molecule has 0 radical (unpaired) electrons. The molecule has 1 N–H and O–H groups in total. The van der Waals surface area contributed by atoms with E-state index in [2.05, 4.69) is 20.6 Å². The molecule has 0 bridgehead atoms. The van der Waals surface area contributed by atoms with E-state index in [1.165, 1.54) is 7.11 Å². The first-order valence-electron chi connectivity index (χ1n) is 10.00. The van der Waals surface area contributed by atoms with Crippen LogP contribution in [0.2, 0.25) is 5.02 Å². The molecule has 4 rings (SSSR count). The zero-order chi connectivity index (χ0) is 23.5. The molecule has 9 nitrogen and oxygen atoms in total. The van der Waals surface area contributed by atoms with Crippen molar-refractivity contribution in [2.45, 2.75) is 13.5 Å². The van der Waals surface area contributed by atoms with Gasteiger partial charge < -0.3 is 19.5 Å². The summed E-state index contributed by atoms with van der Waals surface area (Å²) in [5.74, 6) is 0.605. The second-order valence-corrected chi connectivity index (χ2v) is 7.59. The number of hydrogen-bond acceptors (Lipinski definition) is 7. The number of ether oxygens (including phenoxy) is 3. The third-order valence-corrected chi connectivity index (χ3v) is 5.34. The molecule has 33 heavy (non-hydrogen) atoms. The van der Waals surface area contributed by atoms with Gasteiger partial charge in [-0.1, -0.05) is 23.7 Å². The molecular weight excluding hydrogens is 446 g/mol. The lowest BCUT2D eigenvalue weighted by Crippen LogP contribution is -2.19. The Bertz CT molecular complexity index is 1340. The number of fused-ring (bicyclic) bond motifs is 1. The molecule has 0 aliphatic carbocycles. The Morgan fingerprint density at radius 1 is 1.09 bits per heavy atom. The van der Waals surface area contributed by atoms with Crippen molar-refractivity contribution >= 4 is 28.8 Å². The summed E-state index contributed by atoms with van der Waals surface area (Å²) in [7, 11) is 4.65. The van der Waals surface area contributed by atoms with Crippen molar-refractivity contribution in [2.24, 2.45) is 0 Å². The Morgan fingerprint density at radius 3 is 2.61 bits per heavy atom. The molecule has 170 valence electrons. The molecule has 0 spiro atoms. The topological polar surface area (TPSA) is 99.9 Å². The van der Waals surface area contributed by atoms with Gasteiger partial charge in [0.15, 0.2) is 11.3 Å². The number of amides is 1. The minimum absolute atomic E-state index is 0.122. The SMILES string of the molecule is COCc1nn2c(C)c(C(=O)Nc3cc(OC)ccc3OC)nnc2c1-c1cccc(Cl)c1. The normalized spacial score (nSPS) is 10.9. The number of aromatic nitrogens is 4. The van der Waals surface area contributed by atoms with E-state index < -0.39 is 5.91 Å². The highest BCUT2D eigenvalue weighted by Gasteiger charge is 2.22. The number of halogens is 1. The zero-order valence-electron chi connectivity index (χ0n) is 18.5. The van der Waals surface area contributed by atoms with Crippen molar-refractivity contribution in [3.05, 3.63) is 64.6 Å². The van der Waals surface area contributed by atoms with Crippen LogP contribution in [0, 0.1) is 6.92 Å². The number of benzene rings is 2. The van der Waals surface area contributed by atoms with E-state index in [4.69, 9.17) is 25.8 Å². The van der Waals surface area contributed by atoms with Gasteiger partial charge in [-0.2, -0.15) is 5.10 Å². The molecule has 2 aromatic carbocycles. The Kier molecular flexibility index (Phi) is 6.43. The van der Waals surface area contributed by atoms with Crippen LogP contribution in [0.25, 0.3) is 16.8 Å². The summed E-state index contributed by atoms with van der Waals surface area (Å²) in [6.07, 6.45) is 0.